The third-order valence-electron chi connectivity index (χ3n) is 2.30. The van der Waals surface area contributed by atoms with Gasteiger partial charge in [0.1, 0.15) is 0 Å². The van der Waals surface area contributed by atoms with Gasteiger partial charge in [-0.2, -0.15) is 13.5 Å². The third kappa shape index (κ3) is 4.33. The van der Waals surface area contributed by atoms with Gasteiger partial charge in [0.15, 0.2) is 0 Å². The first-order valence-electron chi connectivity index (χ1n) is 4.55. The molecule has 1 aliphatic rings. The summed E-state index contributed by atoms with van der Waals surface area (Å²) in [5.74, 6) is 0. The summed E-state index contributed by atoms with van der Waals surface area (Å²) in [6, 6.07) is 0. The fraction of sp³-hybridized carbons (Fsp3) is 1.00. The van der Waals surface area contributed by atoms with Gasteiger partial charge >= 0.3 is 0 Å². The van der Waals surface area contributed by atoms with Gasteiger partial charge in [-0.15, -0.1) is 0 Å². The van der Waals surface area contributed by atoms with Gasteiger partial charge in [-0.25, -0.2) is 0 Å². The number of nitrogens with one attached hydrogen (secondary N) is 1. The minimum Gasteiger partial charge on any atom is -0.304 e. The smallest absolute Gasteiger partial charge is 0.0482 e. The van der Waals surface area contributed by atoms with E-state index in [0.717, 1.165) is 13.2 Å². The van der Waals surface area contributed by atoms with E-state index in [1.165, 1.54) is 6.42 Å². The quantitative estimate of drug-likeness (QED) is 0.629. The van der Waals surface area contributed by atoms with E-state index in [0.29, 0.717) is 5.54 Å². The lowest BCUT2D eigenvalue weighted by Gasteiger charge is -2.40. The topological polar surface area (TPSA) is 15.3 Å². The Morgan fingerprint density at radius 3 is 2.00 bits per heavy atom. The van der Waals surface area contributed by atoms with Crippen LogP contribution in [0.3, 0.4) is 0 Å². The van der Waals surface area contributed by atoms with Gasteiger partial charge in [0.05, 0.1) is 0 Å². The van der Waals surface area contributed by atoms with E-state index >= 15 is 0 Å². The molecule has 0 unspecified atom stereocenters. The van der Waals surface area contributed by atoms with Crippen molar-refractivity contribution in [3.05, 3.63) is 0 Å². The van der Waals surface area contributed by atoms with Crippen molar-refractivity contribution in [2.75, 3.05) is 20.3 Å². The zero-order chi connectivity index (χ0) is 8.91. The maximum Gasteiger partial charge on any atom is 0.0482 e. The fourth-order valence-corrected chi connectivity index (χ4v) is 1.05. The van der Waals surface area contributed by atoms with E-state index in [1.54, 1.807) is 0 Å². The molecule has 0 spiro atoms. The molecule has 0 atom stereocenters. The summed E-state index contributed by atoms with van der Waals surface area (Å²) >= 11 is 0. The number of rotatable bonds is 0. The highest BCUT2D eigenvalue weighted by atomic mass is 32.1. The molecule has 1 N–H and O–H groups in total. The van der Waals surface area contributed by atoms with Gasteiger partial charge in [0.25, 0.3) is 0 Å². The van der Waals surface area contributed by atoms with Crippen molar-refractivity contribution < 1.29 is 0 Å². The van der Waals surface area contributed by atoms with Crippen LogP contribution in [0, 0.1) is 0 Å². The van der Waals surface area contributed by atoms with Crippen molar-refractivity contribution in [2.24, 2.45) is 0 Å². The lowest BCUT2D eigenvalue weighted by Crippen LogP contribution is -2.52. The molecule has 0 aromatic carbocycles. The molecule has 76 valence electrons. The minimum atomic E-state index is 0. The second-order valence-corrected chi connectivity index (χ2v) is 3.42. The van der Waals surface area contributed by atoms with Crippen LogP contribution in [0.5, 0.6) is 0 Å². The van der Waals surface area contributed by atoms with E-state index in [1.807, 2.05) is 13.8 Å². The van der Waals surface area contributed by atoms with Gasteiger partial charge in [-0.1, -0.05) is 13.8 Å². The van der Waals surface area contributed by atoms with E-state index in [2.05, 4.69) is 31.1 Å². The number of hydrogen-bond donors (Lipinski definition) is 1. The fourth-order valence-electron chi connectivity index (χ4n) is 1.05. The average molecular weight is 192 g/mol. The molecule has 1 fully saturated rings. The summed E-state index contributed by atoms with van der Waals surface area (Å²) in [4.78, 5) is 2.34. The maximum atomic E-state index is 3.32. The highest BCUT2D eigenvalue weighted by Crippen LogP contribution is 2.17. The molecule has 0 aliphatic carbocycles. The largest absolute Gasteiger partial charge is 0.304 e. The first kappa shape index (κ1) is 14.8. The summed E-state index contributed by atoms with van der Waals surface area (Å²) in [7, 11) is 2.16. The molecule has 0 aromatic rings. The molecule has 0 amide bonds. The summed E-state index contributed by atoms with van der Waals surface area (Å²) in [5.41, 5.74) is 0.408. The van der Waals surface area contributed by atoms with Gasteiger partial charge in [0, 0.05) is 12.2 Å². The SMILES string of the molecule is CC.CN1CNCCC1(C)C.S. The summed E-state index contributed by atoms with van der Waals surface area (Å²) in [6.45, 7) is 10.8. The summed E-state index contributed by atoms with van der Waals surface area (Å²) in [5, 5.41) is 3.32. The first-order valence-corrected chi connectivity index (χ1v) is 4.55. The van der Waals surface area contributed by atoms with Crippen LogP contribution in [0.2, 0.25) is 0 Å². The highest BCUT2D eigenvalue weighted by molar-refractivity contribution is 7.59. The Hall–Kier alpha value is 0.270. The van der Waals surface area contributed by atoms with E-state index < -0.39 is 0 Å². The van der Waals surface area contributed by atoms with Crippen molar-refractivity contribution in [2.45, 2.75) is 39.7 Å². The Balaban J connectivity index is 0. The number of hydrogen-bond acceptors (Lipinski definition) is 2. The standard InChI is InChI=1S/C7H16N2.C2H6.H2S/c1-7(2)4-5-8-6-9(7)3;1-2;/h8H,4-6H2,1-3H3;1-2H3;1H2. The van der Waals surface area contributed by atoms with Crippen molar-refractivity contribution in [1.29, 1.82) is 0 Å². The van der Waals surface area contributed by atoms with E-state index in [9.17, 15) is 0 Å². The predicted molar refractivity (Wildman–Crippen MR) is 61.1 cm³/mol. The van der Waals surface area contributed by atoms with E-state index in [4.69, 9.17) is 0 Å². The molecule has 1 rings (SSSR count). The minimum absolute atomic E-state index is 0. The molecule has 0 bridgehead atoms. The molecule has 1 saturated heterocycles. The summed E-state index contributed by atoms with van der Waals surface area (Å²) in [6.07, 6.45) is 1.25. The second-order valence-electron chi connectivity index (χ2n) is 3.42. The van der Waals surface area contributed by atoms with Crippen LogP contribution in [0.15, 0.2) is 0 Å². The Kier molecular flexibility index (Phi) is 8.31. The van der Waals surface area contributed by atoms with E-state index in [-0.39, 0.29) is 13.5 Å². The van der Waals surface area contributed by atoms with Crippen LogP contribution in [0.1, 0.15) is 34.1 Å². The Morgan fingerprint density at radius 2 is 1.75 bits per heavy atom. The lowest BCUT2D eigenvalue weighted by atomic mass is 9.97. The van der Waals surface area contributed by atoms with Crippen molar-refractivity contribution in [1.82, 2.24) is 10.2 Å². The van der Waals surface area contributed by atoms with Crippen LogP contribution < -0.4 is 5.32 Å². The third-order valence-corrected chi connectivity index (χ3v) is 2.30. The zero-order valence-corrected chi connectivity index (χ0v) is 10.1. The molecular formula is C9H24N2S. The highest BCUT2D eigenvalue weighted by Gasteiger charge is 2.25. The van der Waals surface area contributed by atoms with Crippen molar-refractivity contribution >= 4 is 13.5 Å². The molecule has 1 heterocycles. The normalized spacial score (nSPS) is 21.8. The molecule has 0 radical (unpaired) electrons. The van der Waals surface area contributed by atoms with Crippen LogP contribution in [0.25, 0.3) is 0 Å². The van der Waals surface area contributed by atoms with Crippen molar-refractivity contribution in [3.8, 4) is 0 Å². The summed E-state index contributed by atoms with van der Waals surface area (Å²) < 4.78 is 0. The molecule has 3 heteroatoms. The maximum absolute atomic E-state index is 3.32. The lowest BCUT2D eigenvalue weighted by molar-refractivity contribution is 0.101. The molecule has 0 aromatic heterocycles. The van der Waals surface area contributed by atoms with Crippen LogP contribution in [0.4, 0.5) is 0 Å². The molecule has 12 heavy (non-hydrogen) atoms. The molecule has 0 saturated carbocycles. The van der Waals surface area contributed by atoms with Crippen molar-refractivity contribution in [3.63, 3.8) is 0 Å². The molecule has 2 nitrogen and oxygen atoms in total. The van der Waals surface area contributed by atoms with Crippen LogP contribution >= 0.6 is 13.5 Å². The van der Waals surface area contributed by atoms with Gasteiger partial charge in [-0.3, -0.25) is 4.90 Å². The van der Waals surface area contributed by atoms with Gasteiger partial charge in [-0.05, 0) is 33.9 Å². The first-order chi connectivity index (χ1) is 5.13. The Labute approximate surface area is 84.2 Å². The van der Waals surface area contributed by atoms with Gasteiger partial charge in [0.2, 0.25) is 0 Å². The molecular weight excluding hydrogens is 168 g/mol. The average Bonchev–Trinajstić information content (AvgIpc) is 2.00. The monoisotopic (exact) mass is 192 g/mol. The molecule has 1 aliphatic heterocycles. The van der Waals surface area contributed by atoms with Crippen LogP contribution in [-0.4, -0.2) is 30.7 Å². The predicted octanol–water partition coefficient (Wildman–Crippen LogP) is 1.79. The number of nitrogens with zero attached hydrogens (tertiary/aromatic N) is 1. The van der Waals surface area contributed by atoms with Crippen LogP contribution in [-0.2, 0) is 0 Å². The van der Waals surface area contributed by atoms with Gasteiger partial charge < -0.3 is 5.32 Å². The zero-order valence-electron chi connectivity index (χ0n) is 9.07. The Morgan fingerprint density at radius 1 is 1.25 bits per heavy atom. The Bertz CT molecular complexity index is 105. The second kappa shape index (κ2) is 6.75.